The molecule has 1 heterocycles. The third-order valence-corrected chi connectivity index (χ3v) is 4.39. The monoisotopic (exact) mass is 369 g/mol. The molecule has 134 valence electrons. The highest BCUT2D eigenvalue weighted by molar-refractivity contribution is 6.33. The zero-order chi connectivity index (χ0) is 18.7. The van der Waals surface area contributed by atoms with Crippen molar-refractivity contribution in [3.8, 4) is 11.4 Å². The highest BCUT2D eigenvalue weighted by Crippen LogP contribution is 2.25. The lowest BCUT2D eigenvalue weighted by atomic mass is 10.0. The van der Waals surface area contributed by atoms with Crippen LogP contribution >= 0.6 is 11.6 Å². The summed E-state index contributed by atoms with van der Waals surface area (Å²) < 4.78 is 5.44. The number of aromatic nitrogens is 2. The van der Waals surface area contributed by atoms with E-state index in [0.29, 0.717) is 22.3 Å². The van der Waals surface area contributed by atoms with Crippen molar-refractivity contribution in [3.63, 3.8) is 0 Å². The van der Waals surface area contributed by atoms with E-state index in [1.54, 1.807) is 24.3 Å². The van der Waals surface area contributed by atoms with E-state index < -0.39 is 6.04 Å². The fourth-order valence-corrected chi connectivity index (χ4v) is 2.86. The SMILES string of the molecule is Cc1cccc(-c2noc(C(NC(=O)c3ccccc3Cl)C(C)C)n2)c1. The molecule has 0 spiro atoms. The third kappa shape index (κ3) is 3.94. The second kappa shape index (κ2) is 7.70. The standard InChI is InChI=1S/C20H20ClN3O2/c1-12(2)17(22-19(25)15-9-4-5-10-16(15)21)20-23-18(24-26-20)14-8-6-7-13(3)11-14/h4-12,17H,1-3H3,(H,22,25). The van der Waals surface area contributed by atoms with Gasteiger partial charge in [-0.2, -0.15) is 4.98 Å². The molecule has 1 atom stereocenters. The van der Waals surface area contributed by atoms with Crippen molar-refractivity contribution in [3.05, 3.63) is 70.6 Å². The van der Waals surface area contributed by atoms with Crippen molar-refractivity contribution in [2.24, 2.45) is 5.92 Å². The molecule has 0 aliphatic carbocycles. The molecule has 3 aromatic rings. The molecule has 0 bridgehead atoms. The Morgan fingerprint density at radius 1 is 1.15 bits per heavy atom. The average Bonchev–Trinajstić information content (AvgIpc) is 3.09. The largest absolute Gasteiger partial charge is 0.340 e. The topological polar surface area (TPSA) is 68.0 Å². The quantitative estimate of drug-likeness (QED) is 0.699. The van der Waals surface area contributed by atoms with Gasteiger partial charge in [0.25, 0.3) is 5.91 Å². The molecule has 0 saturated carbocycles. The molecule has 1 amide bonds. The molecule has 1 N–H and O–H groups in total. The van der Waals surface area contributed by atoms with Crippen LogP contribution in [0.2, 0.25) is 5.02 Å². The van der Waals surface area contributed by atoms with Crippen molar-refractivity contribution >= 4 is 17.5 Å². The first-order chi connectivity index (χ1) is 12.5. The van der Waals surface area contributed by atoms with E-state index in [-0.39, 0.29) is 11.8 Å². The fraction of sp³-hybridized carbons (Fsp3) is 0.250. The van der Waals surface area contributed by atoms with Gasteiger partial charge >= 0.3 is 0 Å². The van der Waals surface area contributed by atoms with Gasteiger partial charge in [0, 0.05) is 5.56 Å². The number of benzene rings is 2. The summed E-state index contributed by atoms with van der Waals surface area (Å²) in [6.07, 6.45) is 0. The highest BCUT2D eigenvalue weighted by Gasteiger charge is 2.26. The smallest absolute Gasteiger partial charge is 0.253 e. The number of nitrogens with one attached hydrogen (secondary N) is 1. The molecule has 0 saturated heterocycles. The van der Waals surface area contributed by atoms with Crippen molar-refractivity contribution in [1.82, 2.24) is 15.5 Å². The maximum atomic E-state index is 12.6. The van der Waals surface area contributed by atoms with Gasteiger partial charge in [-0.3, -0.25) is 4.79 Å². The first kappa shape index (κ1) is 18.1. The number of nitrogens with zero attached hydrogens (tertiary/aromatic N) is 2. The summed E-state index contributed by atoms with van der Waals surface area (Å²) in [5.74, 6) is 0.662. The molecule has 0 aliphatic rings. The predicted octanol–water partition coefficient (Wildman–Crippen LogP) is 4.83. The van der Waals surface area contributed by atoms with E-state index in [9.17, 15) is 4.79 Å². The van der Waals surface area contributed by atoms with E-state index in [2.05, 4.69) is 15.5 Å². The first-order valence-corrected chi connectivity index (χ1v) is 8.79. The van der Waals surface area contributed by atoms with Crippen molar-refractivity contribution in [2.45, 2.75) is 26.8 Å². The maximum Gasteiger partial charge on any atom is 0.253 e. The molecular weight excluding hydrogens is 350 g/mol. The minimum atomic E-state index is -0.412. The van der Waals surface area contributed by atoms with Gasteiger partial charge in [0.1, 0.15) is 6.04 Å². The number of carbonyl (C=O) groups is 1. The number of rotatable bonds is 5. The number of hydrogen-bond donors (Lipinski definition) is 1. The molecule has 2 aromatic carbocycles. The number of halogens is 1. The zero-order valence-corrected chi connectivity index (χ0v) is 15.6. The van der Waals surface area contributed by atoms with E-state index in [1.165, 1.54) is 0 Å². The van der Waals surface area contributed by atoms with Gasteiger partial charge in [-0.1, -0.05) is 66.5 Å². The van der Waals surface area contributed by atoms with Crippen LogP contribution in [-0.2, 0) is 0 Å². The van der Waals surface area contributed by atoms with Crippen LogP contribution in [0.4, 0.5) is 0 Å². The van der Waals surface area contributed by atoms with Crippen LogP contribution in [0.3, 0.4) is 0 Å². The van der Waals surface area contributed by atoms with Crippen LogP contribution in [0.15, 0.2) is 53.1 Å². The van der Waals surface area contributed by atoms with Gasteiger partial charge in [-0.25, -0.2) is 0 Å². The second-order valence-corrected chi connectivity index (χ2v) is 6.91. The average molecular weight is 370 g/mol. The molecule has 5 nitrogen and oxygen atoms in total. The maximum absolute atomic E-state index is 12.6. The van der Waals surface area contributed by atoms with Crippen molar-refractivity contribution in [2.75, 3.05) is 0 Å². The van der Waals surface area contributed by atoms with Gasteiger partial charge < -0.3 is 9.84 Å². The molecule has 0 fully saturated rings. The summed E-state index contributed by atoms with van der Waals surface area (Å²) in [4.78, 5) is 17.1. The molecule has 3 rings (SSSR count). The Bertz CT molecular complexity index is 921. The minimum absolute atomic E-state index is 0.0623. The van der Waals surface area contributed by atoms with E-state index in [1.807, 2.05) is 45.0 Å². The zero-order valence-electron chi connectivity index (χ0n) is 14.9. The van der Waals surface area contributed by atoms with Crippen LogP contribution in [0.1, 0.15) is 41.7 Å². The summed E-state index contributed by atoms with van der Waals surface area (Å²) in [5, 5.41) is 7.41. The molecular formula is C20H20ClN3O2. The predicted molar refractivity (Wildman–Crippen MR) is 101 cm³/mol. The summed E-state index contributed by atoms with van der Waals surface area (Å²) in [5.41, 5.74) is 2.40. The van der Waals surface area contributed by atoms with Gasteiger partial charge in [0.2, 0.25) is 11.7 Å². The van der Waals surface area contributed by atoms with Crippen LogP contribution < -0.4 is 5.32 Å². The van der Waals surface area contributed by atoms with Crippen LogP contribution in [0, 0.1) is 12.8 Å². The lowest BCUT2D eigenvalue weighted by Crippen LogP contribution is -2.32. The third-order valence-electron chi connectivity index (χ3n) is 4.06. The van der Waals surface area contributed by atoms with Gasteiger partial charge in [-0.05, 0) is 31.0 Å². The lowest BCUT2D eigenvalue weighted by molar-refractivity contribution is 0.0914. The Balaban J connectivity index is 1.85. The van der Waals surface area contributed by atoms with Crippen molar-refractivity contribution in [1.29, 1.82) is 0 Å². The normalized spacial score (nSPS) is 12.2. The summed E-state index contributed by atoms with van der Waals surface area (Å²) in [7, 11) is 0. The number of hydrogen-bond acceptors (Lipinski definition) is 4. The molecule has 26 heavy (non-hydrogen) atoms. The van der Waals surface area contributed by atoms with Crippen LogP contribution in [-0.4, -0.2) is 16.0 Å². The van der Waals surface area contributed by atoms with Gasteiger partial charge in [0.15, 0.2) is 0 Å². The molecule has 1 unspecified atom stereocenters. The molecule has 0 aliphatic heterocycles. The van der Waals surface area contributed by atoms with Gasteiger partial charge in [-0.15, -0.1) is 0 Å². The van der Waals surface area contributed by atoms with Gasteiger partial charge in [0.05, 0.1) is 10.6 Å². The van der Waals surface area contributed by atoms with Crippen molar-refractivity contribution < 1.29 is 9.32 Å². The summed E-state index contributed by atoms with van der Waals surface area (Å²) in [6.45, 7) is 5.97. The first-order valence-electron chi connectivity index (χ1n) is 8.41. The Morgan fingerprint density at radius 3 is 2.62 bits per heavy atom. The second-order valence-electron chi connectivity index (χ2n) is 6.50. The summed E-state index contributed by atoms with van der Waals surface area (Å²) in [6, 6.07) is 14.4. The fourth-order valence-electron chi connectivity index (χ4n) is 2.64. The van der Waals surface area contributed by atoms with E-state index >= 15 is 0 Å². The molecule has 1 aromatic heterocycles. The lowest BCUT2D eigenvalue weighted by Gasteiger charge is -2.18. The Kier molecular flexibility index (Phi) is 5.38. The summed E-state index contributed by atoms with van der Waals surface area (Å²) >= 11 is 6.11. The minimum Gasteiger partial charge on any atom is -0.340 e. The Hall–Kier alpha value is -2.66. The molecule has 6 heteroatoms. The van der Waals surface area contributed by atoms with Crippen LogP contribution in [0.5, 0.6) is 0 Å². The Morgan fingerprint density at radius 2 is 1.92 bits per heavy atom. The van der Waals surface area contributed by atoms with E-state index in [0.717, 1.165) is 11.1 Å². The number of amides is 1. The highest BCUT2D eigenvalue weighted by atomic mass is 35.5. The van der Waals surface area contributed by atoms with E-state index in [4.69, 9.17) is 16.1 Å². The Labute approximate surface area is 157 Å². The number of aryl methyl sites for hydroxylation is 1. The molecule has 0 radical (unpaired) electrons. The number of carbonyl (C=O) groups excluding carboxylic acids is 1. The van der Waals surface area contributed by atoms with Crippen LogP contribution in [0.25, 0.3) is 11.4 Å².